The molecule has 0 atom stereocenters. The molecular formula is C24H29N3O4S. The molecule has 2 aromatic rings. The van der Waals surface area contributed by atoms with Crippen LogP contribution in [0.1, 0.15) is 6.42 Å². The Morgan fingerprint density at radius 3 is 1.84 bits per heavy atom. The second-order valence-corrected chi connectivity index (χ2v) is 8.78. The first kappa shape index (κ1) is 23.8. The van der Waals surface area contributed by atoms with Gasteiger partial charge in [-0.3, -0.25) is 0 Å². The molecule has 0 spiro atoms. The van der Waals surface area contributed by atoms with Crippen LogP contribution in [0.4, 0.5) is 11.4 Å². The lowest BCUT2D eigenvalue weighted by Gasteiger charge is -2.35. The molecule has 32 heavy (non-hydrogen) atoms. The predicted molar refractivity (Wildman–Crippen MR) is 127 cm³/mol. The highest BCUT2D eigenvalue weighted by Crippen LogP contribution is 2.47. The van der Waals surface area contributed by atoms with Gasteiger partial charge >= 0.3 is 11.9 Å². The number of fused-ring (bicyclic) bond motifs is 2. The Balaban J connectivity index is 0.000000312. The Hall–Kier alpha value is -2.81. The van der Waals surface area contributed by atoms with E-state index in [4.69, 9.17) is 10.2 Å². The molecule has 0 aromatic heterocycles. The van der Waals surface area contributed by atoms with Crippen molar-refractivity contribution in [2.24, 2.45) is 0 Å². The van der Waals surface area contributed by atoms with Gasteiger partial charge in [0.15, 0.2) is 0 Å². The molecule has 0 aliphatic carbocycles. The molecule has 0 bridgehead atoms. The Kier molecular flexibility index (Phi) is 8.72. The van der Waals surface area contributed by atoms with Gasteiger partial charge in [-0.05, 0) is 44.3 Å². The van der Waals surface area contributed by atoms with Gasteiger partial charge in [0.2, 0.25) is 0 Å². The molecule has 0 radical (unpaired) electrons. The lowest BCUT2D eigenvalue weighted by Crippen LogP contribution is -2.45. The van der Waals surface area contributed by atoms with E-state index in [9.17, 15) is 9.59 Å². The molecule has 1 fully saturated rings. The van der Waals surface area contributed by atoms with Crippen LogP contribution in [-0.2, 0) is 9.59 Å². The van der Waals surface area contributed by atoms with E-state index in [1.54, 1.807) is 0 Å². The molecule has 0 amide bonds. The van der Waals surface area contributed by atoms with E-state index in [1.165, 1.54) is 60.3 Å². The summed E-state index contributed by atoms with van der Waals surface area (Å²) in [4.78, 5) is 29.4. The maximum Gasteiger partial charge on any atom is 0.328 e. The highest BCUT2D eigenvalue weighted by atomic mass is 32.2. The van der Waals surface area contributed by atoms with Crippen molar-refractivity contribution >= 4 is 35.1 Å². The monoisotopic (exact) mass is 455 g/mol. The third-order valence-corrected chi connectivity index (χ3v) is 6.48. The zero-order chi connectivity index (χ0) is 22.9. The number of piperazine rings is 1. The number of anilines is 2. The minimum atomic E-state index is -1.26. The first-order valence-electron chi connectivity index (χ1n) is 10.6. The van der Waals surface area contributed by atoms with Gasteiger partial charge in [0, 0.05) is 54.7 Å². The van der Waals surface area contributed by atoms with Crippen LogP contribution in [0.15, 0.2) is 70.5 Å². The largest absolute Gasteiger partial charge is 0.478 e. The number of nitrogens with zero attached hydrogens (tertiary/aromatic N) is 3. The van der Waals surface area contributed by atoms with Gasteiger partial charge in [0.25, 0.3) is 0 Å². The molecule has 2 aliphatic rings. The number of carboxylic acid groups (broad SMARTS) is 2. The van der Waals surface area contributed by atoms with E-state index in [0.717, 1.165) is 6.54 Å². The van der Waals surface area contributed by atoms with Crippen LogP contribution in [0.5, 0.6) is 0 Å². The Bertz CT molecular complexity index is 896. The summed E-state index contributed by atoms with van der Waals surface area (Å²) in [5.74, 6) is -2.51. The van der Waals surface area contributed by atoms with Gasteiger partial charge in [-0.25, -0.2) is 9.59 Å². The summed E-state index contributed by atoms with van der Waals surface area (Å²) in [7, 11) is 2.22. The standard InChI is InChI=1S/C20H25N3S.C4H4O4/c1-21-13-15-22(16-14-21)11-6-12-23-17-7-2-4-9-19(17)24-20-10-5-3-8-18(20)23;5-3(6)1-2-4(7)8/h2-5,7-10H,6,11-16H2,1H3;1-2H,(H,5,6)(H,7,8)/b;2-1+. The lowest BCUT2D eigenvalue weighted by atomic mass is 10.2. The summed E-state index contributed by atoms with van der Waals surface area (Å²) in [6.07, 6.45) is 2.32. The Morgan fingerprint density at radius 1 is 0.844 bits per heavy atom. The minimum Gasteiger partial charge on any atom is -0.478 e. The number of carbonyl (C=O) groups is 2. The maximum atomic E-state index is 9.55. The maximum absolute atomic E-state index is 9.55. The fourth-order valence-electron chi connectivity index (χ4n) is 3.69. The molecule has 8 heteroatoms. The van der Waals surface area contributed by atoms with Gasteiger partial charge in [-0.2, -0.15) is 0 Å². The summed E-state index contributed by atoms with van der Waals surface area (Å²) < 4.78 is 0. The first-order chi connectivity index (χ1) is 15.4. The van der Waals surface area contributed by atoms with E-state index in [-0.39, 0.29) is 0 Å². The molecule has 2 aliphatic heterocycles. The molecule has 1 saturated heterocycles. The molecule has 2 heterocycles. The molecular weight excluding hydrogens is 426 g/mol. The summed E-state index contributed by atoms with van der Waals surface area (Å²) in [5, 5.41) is 15.6. The van der Waals surface area contributed by atoms with E-state index >= 15 is 0 Å². The van der Waals surface area contributed by atoms with Crippen molar-refractivity contribution in [3.63, 3.8) is 0 Å². The number of aliphatic carboxylic acids is 2. The van der Waals surface area contributed by atoms with Crippen LogP contribution >= 0.6 is 11.8 Å². The summed E-state index contributed by atoms with van der Waals surface area (Å²) in [5.41, 5.74) is 2.72. The molecule has 170 valence electrons. The summed E-state index contributed by atoms with van der Waals surface area (Å²) >= 11 is 1.89. The zero-order valence-corrected chi connectivity index (χ0v) is 19.0. The third kappa shape index (κ3) is 6.85. The van der Waals surface area contributed by atoms with Crippen LogP contribution in [0, 0.1) is 0 Å². The van der Waals surface area contributed by atoms with Crippen LogP contribution in [0.2, 0.25) is 0 Å². The number of benzene rings is 2. The summed E-state index contributed by atoms with van der Waals surface area (Å²) in [6, 6.07) is 17.6. The van der Waals surface area contributed by atoms with E-state index in [0.29, 0.717) is 12.2 Å². The number of likely N-dealkylation sites (N-methyl/N-ethyl adjacent to an activating group) is 1. The van der Waals surface area contributed by atoms with E-state index in [1.807, 2.05) is 11.8 Å². The van der Waals surface area contributed by atoms with E-state index < -0.39 is 11.9 Å². The van der Waals surface area contributed by atoms with Gasteiger partial charge in [-0.15, -0.1) is 0 Å². The van der Waals surface area contributed by atoms with Crippen LogP contribution in [0.25, 0.3) is 0 Å². The second kappa shape index (κ2) is 11.7. The molecule has 2 aromatic carbocycles. The van der Waals surface area contributed by atoms with Crippen molar-refractivity contribution in [3.8, 4) is 0 Å². The zero-order valence-electron chi connectivity index (χ0n) is 18.2. The normalized spacial score (nSPS) is 16.1. The smallest absolute Gasteiger partial charge is 0.328 e. The molecule has 4 rings (SSSR count). The molecule has 0 saturated carbocycles. The van der Waals surface area contributed by atoms with Gasteiger partial charge in [0.05, 0.1) is 11.4 Å². The number of hydrogen-bond acceptors (Lipinski definition) is 6. The van der Waals surface area contributed by atoms with Crippen LogP contribution in [0.3, 0.4) is 0 Å². The fraction of sp³-hybridized carbons (Fsp3) is 0.333. The highest BCUT2D eigenvalue weighted by Gasteiger charge is 2.22. The van der Waals surface area contributed by atoms with Gasteiger partial charge < -0.3 is 24.9 Å². The fourth-order valence-corrected chi connectivity index (χ4v) is 4.78. The second-order valence-electron chi connectivity index (χ2n) is 7.70. The van der Waals surface area contributed by atoms with E-state index in [2.05, 4.69) is 70.3 Å². The highest BCUT2D eigenvalue weighted by molar-refractivity contribution is 7.99. The summed E-state index contributed by atoms with van der Waals surface area (Å²) in [6.45, 7) is 7.10. The molecule has 7 nitrogen and oxygen atoms in total. The first-order valence-corrected chi connectivity index (χ1v) is 11.4. The molecule has 2 N–H and O–H groups in total. The average Bonchev–Trinajstić information content (AvgIpc) is 2.79. The number of rotatable bonds is 6. The van der Waals surface area contributed by atoms with Crippen molar-refractivity contribution in [2.45, 2.75) is 16.2 Å². The predicted octanol–water partition coefficient (Wildman–Crippen LogP) is 3.64. The van der Waals surface area contributed by atoms with Gasteiger partial charge in [0.1, 0.15) is 0 Å². The molecule has 0 unspecified atom stereocenters. The lowest BCUT2D eigenvalue weighted by molar-refractivity contribution is -0.134. The quantitative estimate of drug-likeness (QED) is 0.639. The average molecular weight is 456 g/mol. The third-order valence-electron chi connectivity index (χ3n) is 5.35. The van der Waals surface area contributed by atoms with Crippen LogP contribution < -0.4 is 4.90 Å². The minimum absolute atomic E-state index is 0.558. The van der Waals surface area contributed by atoms with Crippen molar-refractivity contribution in [1.82, 2.24) is 9.80 Å². The topological polar surface area (TPSA) is 84.3 Å². The number of para-hydroxylation sites is 2. The Labute approximate surface area is 192 Å². The SMILES string of the molecule is CN1CCN(CCCN2c3ccccc3Sc3ccccc32)CC1.O=C(O)/C=C/C(=O)O. The number of carboxylic acids is 2. The van der Waals surface area contributed by atoms with Crippen LogP contribution in [-0.4, -0.2) is 78.3 Å². The van der Waals surface area contributed by atoms with Crippen molar-refractivity contribution < 1.29 is 19.8 Å². The van der Waals surface area contributed by atoms with Gasteiger partial charge in [-0.1, -0.05) is 36.0 Å². The van der Waals surface area contributed by atoms with Crippen molar-refractivity contribution in [1.29, 1.82) is 0 Å². The van der Waals surface area contributed by atoms with Crippen molar-refractivity contribution in [2.75, 3.05) is 51.2 Å². The number of hydrogen-bond donors (Lipinski definition) is 2. The Morgan fingerprint density at radius 2 is 1.34 bits per heavy atom. The van der Waals surface area contributed by atoms with Crippen molar-refractivity contribution in [3.05, 3.63) is 60.7 Å².